The standard InChI is InChI=1S/C20H15F3N4O2.C20H16F3NO3/c21-20(22,23)13-2-4-14(5-3-13)29-15-7-12(8-15)11-1-6-18-16(9-11)17(10-25-18)19(28)26-27-24;21-20(22,23)13-2-4-14(5-3-13)27-15-7-12(8-15)11-1-6-18-16(9-11)17(10-24-18)19(25)26/h1-6,9-10,12,15,25H,7-8H2;1-6,9-10,12,15,24H,7-8H2,(H,25,26)/t2*12-,15-. The monoisotopic (exact) mass is 775 g/mol. The van der Waals surface area contributed by atoms with Gasteiger partial charge in [0.1, 0.15) is 11.5 Å². The average Bonchev–Trinajstić information content (AvgIpc) is 3.75. The first kappa shape index (κ1) is 37.9. The first-order valence-electron chi connectivity index (χ1n) is 17.4. The number of ether oxygens (including phenoxy) is 2. The van der Waals surface area contributed by atoms with Crippen molar-refractivity contribution in [1.29, 1.82) is 0 Å². The van der Waals surface area contributed by atoms with Crippen LogP contribution in [0.3, 0.4) is 0 Å². The fraction of sp³-hybridized carbons (Fsp3) is 0.250. The van der Waals surface area contributed by atoms with Crippen LogP contribution in [0, 0.1) is 0 Å². The molecular weight excluding hydrogens is 744 g/mol. The molecule has 2 fully saturated rings. The fourth-order valence-corrected chi connectivity index (χ4v) is 6.93. The lowest BCUT2D eigenvalue weighted by Gasteiger charge is -2.35. The number of aromatic amines is 2. The molecule has 0 atom stereocenters. The van der Waals surface area contributed by atoms with Crippen LogP contribution in [0.2, 0.25) is 0 Å². The summed E-state index contributed by atoms with van der Waals surface area (Å²) in [5, 5.41) is 13.7. The molecule has 10 nitrogen and oxygen atoms in total. The first-order chi connectivity index (χ1) is 26.7. The zero-order chi connectivity index (χ0) is 39.8. The summed E-state index contributed by atoms with van der Waals surface area (Å²) in [4.78, 5) is 31.6. The number of H-pyrrole nitrogens is 2. The number of carbonyl (C=O) groups excluding carboxylic acids is 1. The minimum absolute atomic E-state index is 0.0624. The number of hydrogen-bond donors (Lipinski definition) is 3. The van der Waals surface area contributed by atoms with Gasteiger partial charge in [0.25, 0.3) is 5.91 Å². The van der Waals surface area contributed by atoms with Crippen LogP contribution in [0.4, 0.5) is 26.3 Å². The van der Waals surface area contributed by atoms with Crippen LogP contribution in [-0.4, -0.2) is 39.2 Å². The quantitative estimate of drug-likeness (QED) is 0.0608. The number of hydrogen-bond acceptors (Lipinski definition) is 4. The van der Waals surface area contributed by atoms with Crippen molar-refractivity contribution < 1.29 is 50.5 Å². The lowest BCUT2D eigenvalue weighted by atomic mass is 9.77. The topological polar surface area (TPSA) is 153 Å². The Morgan fingerprint density at radius 3 is 1.46 bits per heavy atom. The number of nitrogens with one attached hydrogen (secondary N) is 2. The molecule has 0 unspecified atom stereocenters. The van der Waals surface area contributed by atoms with Gasteiger partial charge in [0.2, 0.25) is 0 Å². The van der Waals surface area contributed by atoms with Crippen molar-refractivity contribution in [1.82, 2.24) is 9.97 Å². The lowest BCUT2D eigenvalue weighted by Crippen LogP contribution is -2.32. The highest BCUT2D eigenvalue weighted by atomic mass is 19.4. The second-order valence-corrected chi connectivity index (χ2v) is 13.7. The number of aromatic carboxylic acids is 1. The number of nitrogens with zero attached hydrogens (tertiary/aromatic N) is 3. The van der Waals surface area contributed by atoms with Gasteiger partial charge in [0.15, 0.2) is 0 Å². The molecule has 56 heavy (non-hydrogen) atoms. The van der Waals surface area contributed by atoms with Crippen LogP contribution in [0.5, 0.6) is 11.5 Å². The Kier molecular flexibility index (Phi) is 10.2. The zero-order valence-corrected chi connectivity index (χ0v) is 29.1. The Bertz CT molecular complexity index is 2440. The summed E-state index contributed by atoms with van der Waals surface area (Å²) in [6, 6.07) is 20.8. The summed E-state index contributed by atoms with van der Waals surface area (Å²) in [6.45, 7) is 0. The summed E-state index contributed by atoms with van der Waals surface area (Å²) in [5.74, 6) is -0.337. The third-order valence-electron chi connectivity index (χ3n) is 10.1. The molecule has 0 saturated heterocycles. The zero-order valence-electron chi connectivity index (χ0n) is 29.1. The molecule has 0 bridgehead atoms. The van der Waals surface area contributed by atoms with Crippen molar-refractivity contribution in [3.05, 3.63) is 141 Å². The number of carboxylic acids is 1. The normalized spacial score (nSPS) is 19.2. The lowest BCUT2D eigenvalue weighted by molar-refractivity contribution is -0.138. The van der Waals surface area contributed by atoms with E-state index in [1.54, 1.807) is 0 Å². The number of alkyl halides is 6. The Balaban J connectivity index is 0.000000172. The molecule has 2 aliphatic rings. The molecule has 4 aromatic carbocycles. The number of benzene rings is 4. The largest absolute Gasteiger partial charge is 0.490 e. The van der Waals surface area contributed by atoms with Gasteiger partial charge in [-0.3, -0.25) is 4.79 Å². The van der Waals surface area contributed by atoms with Crippen molar-refractivity contribution in [2.75, 3.05) is 0 Å². The molecule has 2 aliphatic carbocycles. The van der Waals surface area contributed by atoms with E-state index in [4.69, 9.17) is 15.0 Å². The maximum Gasteiger partial charge on any atom is 0.416 e. The predicted octanol–water partition coefficient (Wildman–Crippen LogP) is 11.2. The Labute approximate surface area is 313 Å². The molecule has 3 N–H and O–H groups in total. The molecule has 6 aromatic rings. The molecule has 16 heteroatoms. The van der Waals surface area contributed by atoms with Crippen molar-refractivity contribution in [2.45, 2.75) is 62.1 Å². The number of halogens is 6. The van der Waals surface area contributed by atoms with Gasteiger partial charge in [-0.05, 0) is 132 Å². The van der Waals surface area contributed by atoms with Crippen molar-refractivity contribution in [2.24, 2.45) is 5.11 Å². The number of rotatable bonds is 8. The summed E-state index contributed by atoms with van der Waals surface area (Å²) in [5.41, 5.74) is 11.2. The van der Waals surface area contributed by atoms with E-state index < -0.39 is 35.4 Å². The summed E-state index contributed by atoms with van der Waals surface area (Å²) >= 11 is 0. The Morgan fingerprint density at radius 1 is 0.661 bits per heavy atom. The Morgan fingerprint density at radius 2 is 1.07 bits per heavy atom. The minimum atomic E-state index is -4.37. The van der Waals surface area contributed by atoms with Crippen LogP contribution in [0.1, 0.15) is 80.5 Å². The molecule has 2 aromatic heterocycles. The fourth-order valence-electron chi connectivity index (χ4n) is 6.93. The minimum Gasteiger partial charge on any atom is -0.490 e. The highest BCUT2D eigenvalue weighted by Gasteiger charge is 2.35. The van der Waals surface area contributed by atoms with E-state index >= 15 is 0 Å². The van der Waals surface area contributed by atoms with Gasteiger partial charge in [-0.1, -0.05) is 12.1 Å². The van der Waals surface area contributed by atoms with Crippen molar-refractivity contribution in [3.8, 4) is 11.5 Å². The van der Waals surface area contributed by atoms with E-state index in [-0.39, 0.29) is 29.6 Å². The van der Waals surface area contributed by atoms with Gasteiger partial charge in [0, 0.05) is 44.7 Å². The van der Waals surface area contributed by atoms with Crippen molar-refractivity contribution >= 4 is 33.7 Å². The van der Waals surface area contributed by atoms with Crippen molar-refractivity contribution in [3.63, 3.8) is 0 Å². The molecule has 0 radical (unpaired) electrons. The summed E-state index contributed by atoms with van der Waals surface area (Å²) in [6.07, 6.45) is -2.96. The number of carbonyl (C=O) groups is 2. The van der Waals surface area contributed by atoms with E-state index in [1.165, 1.54) is 36.7 Å². The van der Waals surface area contributed by atoms with E-state index in [0.29, 0.717) is 27.8 Å². The predicted molar refractivity (Wildman–Crippen MR) is 193 cm³/mol. The van der Waals surface area contributed by atoms with Crippen LogP contribution < -0.4 is 9.47 Å². The second kappa shape index (κ2) is 15.0. The highest BCUT2D eigenvalue weighted by molar-refractivity contribution is 6.07. The number of amides is 1. The molecule has 1 amide bonds. The maximum absolute atomic E-state index is 12.6. The van der Waals surface area contributed by atoms with Gasteiger partial charge >= 0.3 is 18.3 Å². The summed E-state index contributed by atoms with van der Waals surface area (Å²) < 4.78 is 87.1. The van der Waals surface area contributed by atoms with Gasteiger partial charge < -0.3 is 24.5 Å². The van der Waals surface area contributed by atoms with Gasteiger partial charge in [-0.15, -0.1) is 0 Å². The molecule has 8 rings (SSSR count). The molecule has 288 valence electrons. The van der Waals surface area contributed by atoms with E-state index in [0.717, 1.165) is 72.1 Å². The third kappa shape index (κ3) is 8.15. The molecule has 0 aliphatic heterocycles. The van der Waals surface area contributed by atoms with E-state index in [9.17, 15) is 41.0 Å². The molecular formula is C40H31F6N5O5. The second-order valence-electron chi connectivity index (χ2n) is 13.7. The first-order valence-corrected chi connectivity index (χ1v) is 17.4. The molecule has 0 spiro atoms. The molecule has 2 heterocycles. The van der Waals surface area contributed by atoms with Crippen LogP contribution >= 0.6 is 0 Å². The maximum atomic E-state index is 12.6. The van der Waals surface area contributed by atoms with Gasteiger partial charge in [-0.25, -0.2) is 4.79 Å². The number of azide groups is 1. The number of fused-ring (bicyclic) bond motifs is 2. The molecule has 2 saturated carbocycles. The van der Waals surface area contributed by atoms with E-state index in [2.05, 4.69) is 20.0 Å². The summed E-state index contributed by atoms with van der Waals surface area (Å²) in [7, 11) is 0. The highest BCUT2D eigenvalue weighted by Crippen LogP contribution is 2.42. The average molecular weight is 776 g/mol. The van der Waals surface area contributed by atoms with Gasteiger partial charge in [0.05, 0.1) is 28.9 Å². The van der Waals surface area contributed by atoms with Gasteiger partial charge in [-0.2, -0.15) is 26.3 Å². The number of aromatic nitrogens is 2. The van der Waals surface area contributed by atoms with Crippen LogP contribution in [0.25, 0.3) is 32.2 Å². The Hall–Kier alpha value is -6.41. The smallest absolute Gasteiger partial charge is 0.416 e. The van der Waals surface area contributed by atoms with Crippen LogP contribution in [-0.2, 0) is 12.4 Å². The third-order valence-corrected chi connectivity index (χ3v) is 10.1. The SMILES string of the molecule is O=C(O)c1c[nH]c2ccc([C@H]3C[C@H](Oc4ccc(C(F)(F)F)cc4)C3)cc12.[N-]=[N+]=NC(=O)c1c[nH]c2ccc([C@H]3C[C@H](Oc4ccc(C(F)(F)F)cc4)C3)cc12. The van der Waals surface area contributed by atoms with E-state index in [1.807, 2.05) is 36.4 Å². The van der Waals surface area contributed by atoms with Crippen LogP contribution in [0.15, 0.2) is 102 Å². The number of carboxylic acid groups (broad SMARTS) is 1.